The van der Waals surface area contributed by atoms with Gasteiger partial charge in [-0.3, -0.25) is 9.36 Å². The molecule has 1 N–H and O–H groups in total. The smallest absolute Gasteiger partial charge is 0.271 e. The lowest BCUT2D eigenvalue weighted by molar-refractivity contribution is 0.0946. The highest BCUT2D eigenvalue weighted by atomic mass is 35.5. The molecule has 31 heavy (non-hydrogen) atoms. The fourth-order valence-corrected chi connectivity index (χ4v) is 4.19. The maximum atomic E-state index is 12.5. The van der Waals surface area contributed by atoms with Gasteiger partial charge in [-0.2, -0.15) is 9.35 Å². The van der Waals surface area contributed by atoms with E-state index in [9.17, 15) is 4.79 Å². The largest absolute Gasteiger partial charge is 0.381 e. The van der Waals surface area contributed by atoms with Crippen molar-refractivity contribution in [1.29, 1.82) is 0 Å². The number of carbonyl (C=O) groups is 1. The number of halogens is 1. The van der Waals surface area contributed by atoms with Gasteiger partial charge in [-0.25, -0.2) is 9.97 Å². The zero-order chi connectivity index (χ0) is 21.6. The number of carbonyl (C=O) groups excluding carboxylic acids is 1. The minimum absolute atomic E-state index is 0.271. The van der Waals surface area contributed by atoms with Gasteiger partial charge < -0.3 is 10.1 Å². The molecule has 1 amide bonds. The SMILES string of the molecule is Cc1cnc(/N=[SH]\C[C@H]2CCOC2)nc1-n1cnc(C(=O)NCc2cccc(Cl)c2)c1. The number of thiol groups is 1. The summed E-state index contributed by atoms with van der Waals surface area (Å²) in [5.74, 6) is 2.29. The van der Waals surface area contributed by atoms with Gasteiger partial charge in [-0.15, -0.1) is 11.6 Å². The number of aryl methyl sites for hydroxylation is 1. The summed E-state index contributed by atoms with van der Waals surface area (Å²) in [5.41, 5.74) is 2.09. The van der Waals surface area contributed by atoms with Crippen LogP contribution in [-0.4, -0.2) is 44.4 Å². The Bertz CT molecular complexity index is 1100. The Balaban J connectivity index is 1.42. The van der Waals surface area contributed by atoms with Crippen molar-refractivity contribution in [2.45, 2.75) is 19.9 Å². The van der Waals surface area contributed by atoms with Crippen LogP contribution in [0.3, 0.4) is 0 Å². The Kier molecular flexibility index (Phi) is 7.06. The lowest BCUT2D eigenvalue weighted by Gasteiger charge is -2.06. The summed E-state index contributed by atoms with van der Waals surface area (Å²) in [5, 5.41) is 3.48. The lowest BCUT2D eigenvalue weighted by atomic mass is 10.2. The van der Waals surface area contributed by atoms with Gasteiger partial charge in [0.1, 0.15) is 17.8 Å². The van der Waals surface area contributed by atoms with Gasteiger partial charge in [0, 0.05) is 41.9 Å². The Morgan fingerprint density at radius 3 is 3.13 bits per heavy atom. The van der Waals surface area contributed by atoms with Gasteiger partial charge in [0.15, 0.2) is 0 Å². The average molecular weight is 459 g/mol. The molecule has 0 saturated carbocycles. The molecule has 0 bridgehead atoms. The van der Waals surface area contributed by atoms with E-state index in [4.69, 9.17) is 16.3 Å². The van der Waals surface area contributed by atoms with Crippen LogP contribution in [0.25, 0.3) is 5.82 Å². The van der Waals surface area contributed by atoms with Crippen LogP contribution in [0.1, 0.15) is 28.0 Å². The normalized spacial score (nSPS) is 16.4. The van der Waals surface area contributed by atoms with Crippen LogP contribution in [-0.2, 0) is 22.8 Å². The second kappa shape index (κ2) is 10.1. The maximum absolute atomic E-state index is 12.5. The topological polar surface area (TPSA) is 94.3 Å². The van der Waals surface area contributed by atoms with Gasteiger partial charge in [0.2, 0.25) is 0 Å². The lowest BCUT2D eigenvalue weighted by Crippen LogP contribution is -2.23. The number of nitrogens with one attached hydrogen (secondary N) is 1. The van der Waals surface area contributed by atoms with Crippen molar-refractivity contribution in [2.24, 2.45) is 10.3 Å². The van der Waals surface area contributed by atoms with E-state index in [2.05, 4.69) is 24.6 Å². The molecular formula is C21H23ClN6O2S. The van der Waals surface area contributed by atoms with Crippen molar-refractivity contribution < 1.29 is 9.53 Å². The van der Waals surface area contributed by atoms with E-state index in [-0.39, 0.29) is 5.91 Å². The summed E-state index contributed by atoms with van der Waals surface area (Å²) in [6.07, 6.45) is 6.04. The molecule has 1 aromatic carbocycles. The maximum Gasteiger partial charge on any atom is 0.271 e. The first kappa shape index (κ1) is 21.6. The van der Waals surface area contributed by atoms with Gasteiger partial charge in [-0.05, 0) is 37.0 Å². The molecule has 0 unspecified atom stereocenters. The van der Waals surface area contributed by atoms with E-state index in [1.807, 2.05) is 25.1 Å². The standard InChI is InChI=1S/C21H23ClN6O2S/c1-14-8-24-21(27-31-12-16-5-6-30-11-16)26-19(14)28-10-18(25-13-28)20(29)23-9-15-3-2-4-17(22)7-15/h2-4,7-8,10,13,16,31H,5-6,9,11-12H2,1H3,(H,23,29)/t16-/m0/s1. The van der Waals surface area contributed by atoms with Crippen LogP contribution in [0.2, 0.25) is 5.02 Å². The van der Waals surface area contributed by atoms with Crippen LogP contribution in [0.15, 0.2) is 47.3 Å². The van der Waals surface area contributed by atoms with Gasteiger partial charge >= 0.3 is 0 Å². The minimum Gasteiger partial charge on any atom is -0.381 e. The third-order valence-electron chi connectivity index (χ3n) is 4.86. The van der Waals surface area contributed by atoms with Crippen LogP contribution in [0, 0.1) is 12.8 Å². The number of amides is 1. The number of aromatic nitrogens is 4. The molecule has 3 aromatic rings. The summed E-state index contributed by atoms with van der Waals surface area (Å²) < 4.78 is 11.6. The van der Waals surface area contributed by atoms with E-state index in [1.54, 1.807) is 29.4 Å². The first-order valence-electron chi connectivity index (χ1n) is 9.94. The molecular weight excluding hydrogens is 436 g/mol. The molecule has 1 aliphatic heterocycles. The molecule has 0 radical (unpaired) electrons. The second-order valence-electron chi connectivity index (χ2n) is 7.31. The Hall–Kier alpha value is -2.62. The predicted octanol–water partition coefficient (Wildman–Crippen LogP) is 3.22. The molecule has 4 rings (SSSR count). The monoisotopic (exact) mass is 458 g/mol. The van der Waals surface area contributed by atoms with Gasteiger partial charge in [0.25, 0.3) is 11.9 Å². The highest BCUT2D eigenvalue weighted by Crippen LogP contribution is 2.16. The molecule has 10 heteroatoms. The van der Waals surface area contributed by atoms with Crippen LogP contribution < -0.4 is 5.32 Å². The van der Waals surface area contributed by atoms with Crippen molar-refractivity contribution in [3.8, 4) is 5.82 Å². The summed E-state index contributed by atoms with van der Waals surface area (Å²) in [6.45, 7) is 3.92. The average Bonchev–Trinajstić information content (AvgIpc) is 3.46. The number of ether oxygens (including phenoxy) is 1. The van der Waals surface area contributed by atoms with E-state index in [0.29, 0.717) is 34.9 Å². The quantitative estimate of drug-likeness (QED) is 0.530. The third kappa shape index (κ3) is 5.75. The van der Waals surface area contributed by atoms with E-state index < -0.39 is 0 Å². The molecule has 0 aliphatic carbocycles. The fourth-order valence-electron chi connectivity index (χ4n) is 3.16. The molecule has 1 atom stereocenters. The van der Waals surface area contributed by atoms with Crippen molar-refractivity contribution in [1.82, 2.24) is 24.8 Å². The zero-order valence-electron chi connectivity index (χ0n) is 17.0. The number of nitrogens with zero attached hydrogens (tertiary/aromatic N) is 5. The molecule has 1 aliphatic rings. The zero-order valence-corrected chi connectivity index (χ0v) is 18.7. The molecule has 1 fully saturated rings. The van der Waals surface area contributed by atoms with Crippen LogP contribution >= 0.6 is 11.6 Å². The van der Waals surface area contributed by atoms with Gasteiger partial charge in [-0.1, -0.05) is 23.7 Å². The Morgan fingerprint density at radius 1 is 1.42 bits per heavy atom. The minimum atomic E-state index is -0.271. The first-order chi connectivity index (χ1) is 15.1. The van der Waals surface area contributed by atoms with E-state index >= 15 is 0 Å². The molecule has 2 aromatic heterocycles. The molecule has 8 nitrogen and oxygen atoms in total. The third-order valence-corrected chi connectivity index (χ3v) is 6.09. The number of hydrogen-bond donors (Lipinski definition) is 2. The highest BCUT2D eigenvalue weighted by Gasteiger charge is 2.15. The summed E-state index contributed by atoms with van der Waals surface area (Å²) >= 11 is 6.91. The van der Waals surface area contributed by atoms with Crippen molar-refractivity contribution in [3.63, 3.8) is 0 Å². The van der Waals surface area contributed by atoms with Crippen LogP contribution in [0.5, 0.6) is 0 Å². The number of rotatable bonds is 7. The van der Waals surface area contributed by atoms with Gasteiger partial charge in [0.05, 0.1) is 6.61 Å². The van der Waals surface area contributed by atoms with Crippen molar-refractivity contribution >= 4 is 35.0 Å². The van der Waals surface area contributed by atoms with Crippen LogP contribution in [0.4, 0.5) is 5.95 Å². The van der Waals surface area contributed by atoms with E-state index in [1.165, 1.54) is 0 Å². The first-order valence-corrected chi connectivity index (χ1v) is 11.4. The highest BCUT2D eigenvalue weighted by molar-refractivity contribution is 7.68. The summed E-state index contributed by atoms with van der Waals surface area (Å²) in [4.78, 5) is 25.6. The second-order valence-corrected chi connectivity index (χ2v) is 8.59. The molecule has 3 heterocycles. The van der Waals surface area contributed by atoms with E-state index in [0.717, 1.165) is 48.1 Å². The summed E-state index contributed by atoms with van der Waals surface area (Å²) in [7, 11) is 0. The predicted molar refractivity (Wildman–Crippen MR) is 121 cm³/mol. The number of benzene rings is 1. The number of hydrogen-bond acceptors (Lipinski definition) is 6. The van der Waals surface area contributed by atoms with Crippen molar-refractivity contribution in [3.05, 3.63) is 64.8 Å². The summed E-state index contributed by atoms with van der Waals surface area (Å²) in [6, 6.07) is 7.36. The Labute approximate surface area is 189 Å². The fraction of sp³-hybridized carbons (Fsp3) is 0.333. The van der Waals surface area contributed by atoms with Crippen molar-refractivity contribution in [2.75, 3.05) is 19.0 Å². The molecule has 0 spiro atoms. The number of imidazole rings is 1. The molecule has 1 saturated heterocycles. The Morgan fingerprint density at radius 2 is 2.32 bits per heavy atom. The molecule has 162 valence electrons.